The van der Waals surface area contributed by atoms with E-state index in [1.807, 2.05) is 30.3 Å². The maximum Gasteiger partial charge on any atom is 0.150 e. The number of anilines is 1. The molecular formula is C13H12ClNO2. The molecule has 0 aliphatic rings. The van der Waals surface area contributed by atoms with Gasteiger partial charge in [-0.3, -0.25) is 4.79 Å². The average Bonchev–Trinajstić information content (AvgIpc) is 2.29. The predicted octanol–water partition coefficient (Wildman–Crippen LogP) is 2.88. The van der Waals surface area contributed by atoms with E-state index in [0.29, 0.717) is 23.1 Å². The Morgan fingerprint density at radius 1 is 1.12 bits per heavy atom. The maximum atomic E-state index is 10.6. The zero-order chi connectivity index (χ0) is 11.5. The van der Waals surface area contributed by atoms with Gasteiger partial charge in [0.1, 0.15) is 12.0 Å². The first-order valence-electron chi connectivity index (χ1n) is 4.85. The minimum Gasteiger partial charge on any atom is -0.507 e. The van der Waals surface area contributed by atoms with Crippen LogP contribution >= 0.6 is 12.4 Å². The van der Waals surface area contributed by atoms with Gasteiger partial charge in [-0.25, -0.2) is 0 Å². The van der Waals surface area contributed by atoms with E-state index < -0.39 is 0 Å². The van der Waals surface area contributed by atoms with Crippen LogP contribution in [0.5, 0.6) is 5.75 Å². The molecule has 4 heteroatoms. The fourth-order valence-electron chi connectivity index (χ4n) is 1.66. The Hall–Kier alpha value is -2.00. The highest BCUT2D eigenvalue weighted by Gasteiger charge is 2.09. The van der Waals surface area contributed by atoms with Crippen molar-refractivity contribution in [3.8, 4) is 16.9 Å². The van der Waals surface area contributed by atoms with Crippen LogP contribution in [0, 0.1) is 0 Å². The van der Waals surface area contributed by atoms with Gasteiger partial charge in [0, 0.05) is 16.8 Å². The molecule has 0 amide bonds. The number of rotatable bonds is 2. The SMILES string of the molecule is Cl.Nc1cc(C=O)cc(O)c1-c1ccccc1. The van der Waals surface area contributed by atoms with E-state index in [-0.39, 0.29) is 18.2 Å². The Labute approximate surface area is 105 Å². The third-order valence-electron chi connectivity index (χ3n) is 2.37. The minimum atomic E-state index is 0. The molecule has 2 rings (SSSR count). The lowest BCUT2D eigenvalue weighted by Crippen LogP contribution is -1.93. The number of nitrogen functional groups attached to an aromatic ring is 1. The van der Waals surface area contributed by atoms with Crippen LogP contribution in [0.3, 0.4) is 0 Å². The molecule has 0 saturated heterocycles. The van der Waals surface area contributed by atoms with Gasteiger partial charge < -0.3 is 10.8 Å². The quantitative estimate of drug-likeness (QED) is 0.635. The van der Waals surface area contributed by atoms with Crippen molar-refractivity contribution in [2.24, 2.45) is 0 Å². The lowest BCUT2D eigenvalue weighted by molar-refractivity contribution is 0.112. The second-order valence-corrected chi connectivity index (χ2v) is 3.49. The van der Waals surface area contributed by atoms with Crippen LogP contribution in [0.25, 0.3) is 11.1 Å². The third kappa shape index (κ3) is 2.57. The summed E-state index contributed by atoms with van der Waals surface area (Å²) in [6, 6.07) is 12.3. The molecule has 0 unspecified atom stereocenters. The Morgan fingerprint density at radius 2 is 1.76 bits per heavy atom. The predicted molar refractivity (Wildman–Crippen MR) is 70.6 cm³/mol. The number of phenols is 1. The Balaban J connectivity index is 0.00000144. The highest BCUT2D eigenvalue weighted by Crippen LogP contribution is 2.35. The molecule has 0 saturated carbocycles. The molecule has 88 valence electrons. The van der Waals surface area contributed by atoms with Crippen molar-refractivity contribution in [3.63, 3.8) is 0 Å². The number of carbonyl (C=O) groups is 1. The molecule has 0 heterocycles. The summed E-state index contributed by atoms with van der Waals surface area (Å²) in [5.41, 5.74) is 7.97. The van der Waals surface area contributed by atoms with Crippen molar-refractivity contribution < 1.29 is 9.90 Å². The summed E-state index contributed by atoms with van der Waals surface area (Å²) in [6.07, 6.45) is 0.658. The van der Waals surface area contributed by atoms with Crippen LogP contribution in [-0.4, -0.2) is 11.4 Å². The lowest BCUT2D eigenvalue weighted by atomic mass is 10.0. The second-order valence-electron chi connectivity index (χ2n) is 3.49. The number of aldehydes is 1. The average molecular weight is 250 g/mol. The number of hydrogen-bond donors (Lipinski definition) is 2. The summed E-state index contributed by atoms with van der Waals surface area (Å²) in [4.78, 5) is 10.6. The van der Waals surface area contributed by atoms with Crippen molar-refractivity contribution in [1.29, 1.82) is 0 Å². The maximum absolute atomic E-state index is 10.6. The van der Waals surface area contributed by atoms with E-state index >= 15 is 0 Å². The van der Waals surface area contributed by atoms with Gasteiger partial charge in [-0.05, 0) is 17.7 Å². The fraction of sp³-hybridized carbons (Fsp3) is 0. The van der Waals surface area contributed by atoms with Crippen LogP contribution in [0.1, 0.15) is 10.4 Å². The number of nitrogens with two attached hydrogens (primary N) is 1. The number of carbonyl (C=O) groups excluding carboxylic acids is 1. The van der Waals surface area contributed by atoms with Crippen molar-refractivity contribution in [1.82, 2.24) is 0 Å². The number of phenolic OH excluding ortho intramolecular Hbond substituents is 1. The number of benzene rings is 2. The molecule has 2 aromatic carbocycles. The Morgan fingerprint density at radius 3 is 2.29 bits per heavy atom. The standard InChI is InChI=1S/C13H11NO2.ClH/c14-11-6-9(8-15)7-12(16)13(11)10-4-2-1-3-5-10;/h1-8,16H,14H2;1H. The van der Waals surface area contributed by atoms with Gasteiger partial charge in [0.05, 0.1) is 0 Å². The Bertz CT molecular complexity index is 503. The van der Waals surface area contributed by atoms with E-state index in [1.54, 1.807) is 6.07 Å². The number of hydrogen-bond acceptors (Lipinski definition) is 3. The van der Waals surface area contributed by atoms with Crippen molar-refractivity contribution in [3.05, 3.63) is 48.0 Å². The molecule has 3 N–H and O–H groups in total. The van der Waals surface area contributed by atoms with Gasteiger partial charge in [0.15, 0.2) is 0 Å². The zero-order valence-corrected chi connectivity index (χ0v) is 9.78. The number of aromatic hydroxyl groups is 1. The summed E-state index contributed by atoms with van der Waals surface area (Å²) in [5, 5.41) is 9.82. The van der Waals surface area contributed by atoms with Gasteiger partial charge in [0.2, 0.25) is 0 Å². The van der Waals surface area contributed by atoms with E-state index in [4.69, 9.17) is 5.73 Å². The summed E-state index contributed by atoms with van der Waals surface area (Å²) in [6.45, 7) is 0. The molecule has 0 fully saturated rings. The molecule has 17 heavy (non-hydrogen) atoms. The molecule has 0 radical (unpaired) electrons. The highest BCUT2D eigenvalue weighted by molar-refractivity contribution is 5.87. The van der Waals surface area contributed by atoms with Crippen LogP contribution < -0.4 is 5.73 Å². The number of halogens is 1. The lowest BCUT2D eigenvalue weighted by Gasteiger charge is -2.09. The summed E-state index contributed by atoms with van der Waals surface area (Å²) in [5.74, 6) is 0.0216. The van der Waals surface area contributed by atoms with E-state index in [9.17, 15) is 9.90 Å². The zero-order valence-electron chi connectivity index (χ0n) is 8.96. The van der Waals surface area contributed by atoms with Gasteiger partial charge in [-0.15, -0.1) is 12.4 Å². The van der Waals surface area contributed by atoms with Crippen molar-refractivity contribution in [2.45, 2.75) is 0 Å². The third-order valence-corrected chi connectivity index (χ3v) is 2.37. The van der Waals surface area contributed by atoms with E-state index in [2.05, 4.69) is 0 Å². The minimum absolute atomic E-state index is 0. The molecular weight excluding hydrogens is 238 g/mol. The van der Waals surface area contributed by atoms with Crippen LogP contribution in [-0.2, 0) is 0 Å². The van der Waals surface area contributed by atoms with Crippen molar-refractivity contribution >= 4 is 24.4 Å². The Kier molecular flexibility index (Phi) is 4.12. The molecule has 3 nitrogen and oxygen atoms in total. The van der Waals surface area contributed by atoms with Crippen LogP contribution in [0.4, 0.5) is 5.69 Å². The molecule has 0 spiro atoms. The molecule has 0 aromatic heterocycles. The van der Waals surface area contributed by atoms with Gasteiger partial charge in [-0.2, -0.15) is 0 Å². The fourth-order valence-corrected chi connectivity index (χ4v) is 1.66. The van der Waals surface area contributed by atoms with Crippen molar-refractivity contribution in [2.75, 3.05) is 5.73 Å². The molecule has 0 bridgehead atoms. The normalized spacial score (nSPS) is 9.41. The van der Waals surface area contributed by atoms with Gasteiger partial charge in [0.25, 0.3) is 0 Å². The second kappa shape index (κ2) is 5.37. The van der Waals surface area contributed by atoms with Crippen LogP contribution in [0.2, 0.25) is 0 Å². The van der Waals surface area contributed by atoms with Gasteiger partial charge >= 0.3 is 0 Å². The summed E-state index contributed by atoms with van der Waals surface area (Å²) < 4.78 is 0. The van der Waals surface area contributed by atoms with E-state index in [1.165, 1.54) is 6.07 Å². The van der Waals surface area contributed by atoms with Gasteiger partial charge in [-0.1, -0.05) is 30.3 Å². The first-order valence-corrected chi connectivity index (χ1v) is 4.85. The summed E-state index contributed by atoms with van der Waals surface area (Å²) in [7, 11) is 0. The molecule has 0 aliphatic carbocycles. The molecule has 2 aromatic rings. The highest BCUT2D eigenvalue weighted by atomic mass is 35.5. The first kappa shape index (κ1) is 13.1. The monoisotopic (exact) mass is 249 g/mol. The molecule has 0 atom stereocenters. The topological polar surface area (TPSA) is 63.3 Å². The van der Waals surface area contributed by atoms with E-state index in [0.717, 1.165) is 5.56 Å². The molecule has 0 aliphatic heterocycles. The van der Waals surface area contributed by atoms with Crippen LogP contribution in [0.15, 0.2) is 42.5 Å². The largest absolute Gasteiger partial charge is 0.507 e. The first-order chi connectivity index (χ1) is 7.72. The smallest absolute Gasteiger partial charge is 0.150 e. The summed E-state index contributed by atoms with van der Waals surface area (Å²) >= 11 is 0.